The second-order valence-corrected chi connectivity index (χ2v) is 4.37. The van der Waals surface area contributed by atoms with Crippen LogP contribution in [0, 0.1) is 10.1 Å². The third-order valence-electron chi connectivity index (χ3n) is 2.97. The van der Waals surface area contributed by atoms with Crippen LogP contribution < -0.4 is 5.73 Å². The molecule has 7 nitrogen and oxygen atoms in total. The number of nitro groups is 1. The second-order valence-electron chi connectivity index (χ2n) is 4.37. The number of rotatable bonds is 6. The highest BCUT2D eigenvalue weighted by Crippen LogP contribution is 2.22. The maximum Gasteiger partial charge on any atom is 0.269 e. The van der Waals surface area contributed by atoms with Crippen LogP contribution in [-0.2, 0) is 4.74 Å². The van der Waals surface area contributed by atoms with Crippen LogP contribution in [0.25, 0.3) is 11.3 Å². The molecule has 7 heteroatoms. The summed E-state index contributed by atoms with van der Waals surface area (Å²) in [4.78, 5) is 17.5. The second kappa shape index (κ2) is 6.27. The Balaban J connectivity index is 2.13. The lowest BCUT2D eigenvalue weighted by Gasteiger charge is -2.07. The Hall–Kier alpha value is -2.25. The van der Waals surface area contributed by atoms with Crippen molar-refractivity contribution in [2.45, 2.75) is 12.5 Å². The molecule has 0 fully saturated rings. The lowest BCUT2D eigenvalue weighted by Crippen LogP contribution is -2.14. The number of hydrogen-bond acceptors (Lipinski definition) is 5. The fourth-order valence-electron chi connectivity index (χ4n) is 1.82. The van der Waals surface area contributed by atoms with E-state index in [9.17, 15) is 10.1 Å². The highest BCUT2D eigenvalue weighted by atomic mass is 16.6. The third kappa shape index (κ3) is 3.19. The first-order valence-corrected chi connectivity index (χ1v) is 6.16. The predicted octanol–water partition coefficient (Wildman–Crippen LogP) is 2.02. The van der Waals surface area contributed by atoms with Gasteiger partial charge < -0.3 is 15.5 Å². The van der Waals surface area contributed by atoms with Crippen molar-refractivity contribution in [2.24, 2.45) is 5.73 Å². The van der Waals surface area contributed by atoms with Crippen molar-refractivity contribution in [2.75, 3.05) is 13.7 Å². The first kappa shape index (κ1) is 14.2. The molecule has 1 aromatic carbocycles. The topological polar surface area (TPSA) is 107 Å². The van der Waals surface area contributed by atoms with Crippen molar-refractivity contribution in [1.82, 2.24) is 9.97 Å². The predicted molar refractivity (Wildman–Crippen MR) is 74.1 cm³/mol. The molecule has 106 valence electrons. The summed E-state index contributed by atoms with van der Waals surface area (Å²) < 4.78 is 4.98. The van der Waals surface area contributed by atoms with Crippen LogP contribution in [-0.4, -0.2) is 28.6 Å². The van der Waals surface area contributed by atoms with E-state index in [1.807, 2.05) is 0 Å². The van der Waals surface area contributed by atoms with Crippen LogP contribution in [0.5, 0.6) is 0 Å². The number of aromatic amines is 1. The molecule has 1 aromatic heterocycles. The molecule has 0 aliphatic heterocycles. The number of nitrogens with two attached hydrogens (primary N) is 1. The van der Waals surface area contributed by atoms with Crippen LogP contribution >= 0.6 is 0 Å². The monoisotopic (exact) mass is 276 g/mol. The molecule has 20 heavy (non-hydrogen) atoms. The number of ether oxygens (including phenoxy) is 1. The van der Waals surface area contributed by atoms with Gasteiger partial charge >= 0.3 is 0 Å². The van der Waals surface area contributed by atoms with E-state index in [-0.39, 0.29) is 11.7 Å². The first-order valence-electron chi connectivity index (χ1n) is 6.16. The van der Waals surface area contributed by atoms with Gasteiger partial charge in [-0.1, -0.05) is 0 Å². The van der Waals surface area contributed by atoms with Gasteiger partial charge in [0, 0.05) is 31.4 Å². The van der Waals surface area contributed by atoms with Gasteiger partial charge in [-0.15, -0.1) is 0 Å². The number of hydrogen-bond donors (Lipinski definition) is 2. The Kier molecular flexibility index (Phi) is 4.44. The molecule has 2 aromatic rings. The van der Waals surface area contributed by atoms with E-state index in [1.165, 1.54) is 12.1 Å². The highest BCUT2D eigenvalue weighted by Gasteiger charge is 2.11. The third-order valence-corrected chi connectivity index (χ3v) is 2.97. The van der Waals surface area contributed by atoms with Crippen LogP contribution in [0.1, 0.15) is 18.3 Å². The van der Waals surface area contributed by atoms with E-state index in [0.29, 0.717) is 18.9 Å². The zero-order valence-electron chi connectivity index (χ0n) is 11.1. The molecule has 0 saturated carbocycles. The molecular formula is C13H16N4O3. The smallest absolute Gasteiger partial charge is 0.269 e. The molecule has 0 amide bonds. The van der Waals surface area contributed by atoms with E-state index in [4.69, 9.17) is 10.5 Å². The van der Waals surface area contributed by atoms with Crippen molar-refractivity contribution in [1.29, 1.82) is 0 Å². The van der Waals surface area contributed by atoms with Crippen molar-refractivity contribution in [3.63, 3.8) is 0 Å². The number of H-pyrrole nitrogens is 1. The van der Waals surface area contributed by atoms with Gasteiger partial charge in [-0.25, -0.2) is 4.98 Å². The Morgan fingerprint density at radius 3 is 2.75 bits per heavy atom. The number of nitrogens with zero attached hydrogens (tertiary/aromatic N) is 2. The van der Waals surface area contributed by atoms with Crippen LogP contribution in [0.3, 0.4) is 0 Å². The number of aromatic nitrogens is 2. The lowest BCUT2D eigenvalue weighted by atomic mass is 10.1. The average molecular weight is 276 g/mol. The van der Waals surface area contributed by atoms with Gasteiger partial charge in [0.05, 0.1) is 22.9 Å². The molecule has 0 aliphatic carbocycles. The molecule has 1 unspecified atom stereocenters. The van der Waals surface area contributed by atoms with Crippen molar-refractivity contribution < 1.29 is 9.66 Å². The van der Waals surface area contributed by atoms with E-state index < -0.39 is 4.92 Å². The Morgan fingerprint density at radius 2 is 2.15 bits per heavy atom. The number of non-ortho nitro benzene ring substituents is 1. The molecule has 2 rings (SSSR count). The standard InChI is InChI=1S/C13H16N4O3/c1-20-7-6-11(14)13-15-8-12(16-13)9-2-4-10(5-3-9)17(18)19/h2-5,8,11H,6-7,14H2,1H3,(H,15,16). The largest absolute Gasteiger partial charge is 0.385 e. The van der Waals surface area contributed by atoms with Gasteiger partial charge in [-0.3, -0.25) is 10.1 Å². The number of methoxy groups -OCH3 is 1. The Labute approximate surface area is 115 Å². The minimum Gasteiger partial charge on any atom is -0.385 e. The van der Waals surface area contributed by atoms with Gasteiger partial charge in [-0.2, -0.15) is 0 Å². The zero-order valence-corrected chi connectivity index (χ0v) is 11.1. The maximum atomic E-state index is 10.6. The average Bonchev–Trinajstić information content (AvgIpc) is 2.94. The molecule has 0 aliphatic rings. The molecule has 0 saturated heterocycles. The van der Waals surface area contributed by atoms with Gasteiger partial charge in [0.25, 0.3) is 5.69 Å². The number of nitro benzene ring substituents is 1. The van der Waals surface area contributed by atoms with Crippen molar-refractivity contribution >= 4 is 5.69 Å². The van der Waals surface area contributed by atoms with Crippen LogP contribution in [0.4, 0.5) is 5.69 Å². The molecule has 0 radical (unpaired) electrons. The summed E-state index contributed by atoms with van der Waals surface area (Å²) in [6, 6.07) is 6.05. The summed E-state index contributed by atoms with van der Waals surface area (Å²) in [5.41, 5.74) is 7.64. The van der Waals surface area contributed by atoms with E-state index in [2.05, 4.69) is 9.97 Å². The molecule has 1 heterocycles. The summed E-state index contributed by atoms with van der Waals surface area (Å²) >= 11 is 0. The summed E-state index contributed by atoms with van der Waals surface area (Å²) in [5, 5.41) is 10.6. The maximum absolute atomic E-state index is 10.6. The summed E-state index contributed by atoms with van der Waals surface area (Å²) in [6.07, 6.45) is 2.34. The molecular weight excluding hydrogens is 260 g/mol. The minimum atomic E-state index is -0.428. The summed E-state index contributed by atoms with van der Waals surface area (Å²) in [7, 11) is 1.62. The number of benzene rings is 1. The highest BCUT2D eigenvalue weighted by molar-refractivity contribution is 5.60. The summed E-state index contributed by atoms with van der Waals surface area (Å²) in [5.74, 6) is 0.676. The molecule has 3 N–H and O–H groups in total. The summed E-state index contributed by atoms with van der Waals surface area (Å²) in [6.45, 7) is 0.564. The Bertz CT molecular complexity index is 580. The lowest BCUT2D eigenvalue weighted by molar-refractivity contribution is -0.384. The Morgan fingerprint density at radius 1 is 1.45 bits per heavy atom. The van der Waals surface area contributed by atoms with Crippen LogP contribution in [0.15, 0.2) is 30.5 Å². The van der Waals surface area contributed by atoms with E-state index in [0.717, 1.165) is 11.3 Å². The fraction of sp³-hybridized carbons (Fsp3) is 0.308. The van der Waals surface area contributed by atoms with Gasteiger partial charge in [0.1, 0.15) is 5.82 Å². The van der Waals surface area contributed by atoms with Crippen molar-refractivity contribution in [3.8, 4) is 11.3 Å². The minimum absolute atomic E-state index is 0.0604. The number of nitrogens with one attached hydrogen (secondary N) is 1. The van der Waals surface area contributed by atoms with Crippen molar-refractivity contribution in [3.05, 3.63) is 46.4 Å². The number of imidazole rings is 1. The van der Waals surface area contributed by atoms with Gasteiger partial charge in [0.15, 0.2) is 0 Å². The quantitative estimate of drug-likeness (QED) is 0.620. The SMILES string of the molecule is COCCC(N)c1ncc(-c2ccc([N+](=O)[O-])cc2)[nH]1. The molecule has 1 atom stereocenters. The fourth-order valence-corrected chi connectivity index (χ4v) is 1.82. The zero-order chi connectivity index (χ0) is 14.5. The molecule has 0 spiro atoms. The normalized spacial score (nSPS) is 12.3. The first-order chi connectivity index (χ1) is 9.61. The molecule has 0 bridgehead atoms. The van der Waals surface area contributed by atoms with E-state index in [1.54, 1.807) is 25.4 Å². The van der Waals surface area contributed by atoms with Gasteiger partial charge in [0.2, 0.25) is 0 Å². The van der Waals surface area contributed by atoms with Gasteiger partial charge in [-0.05, 0) is 18.6 Å². The van der Waals surface area contributed by atoms with Crippen LogP contribution in [0.2, 0.25) is 0 Å². The van der Waals surface area contributed by atoms with E-state index >= 15 is 0 Å².